The summed E-state index contributed by atoms with van der Waals surface area (Å²) in [4.78, 5) is 0. The molecule has 1 fully saturated rings. The summed E-state index contributed by atoms with van der Waals surface area (Å²) in [5.41, 5.74) is 0.736. The van der Waals surface area contributed by atoms with Crippen LogP contribution in [0.15, 0.2) is 18.2 Å². The van der Waals surface area contributed by atoms with Crippen LogP contribution in [0.2, 0.25) is 0 Å². The van der Waals surface area contributed by atoms with Gasteiger partial charge < -0.3 is 14.6 Å². The third-order valence-corrected chi connectivity index (χ3v) is 3.39. The maximum Gasteiger partial charge on any atom is 0.387 e. The summed E-state index contributed by atoms with van der Waals surface area (Å²) in [6, 6.07) is 5.10. The van der Waals surface area contributed by atoms with E-state index in [0.29, 0.717) is 18.6 Å². The van der Waals surface area contributed by atoms with Gasteiger partial charge in [-0.25, -0.2) is 0 Å². The Kier molecular flexibility index (Phi) is 4.18. The van der Waals surface area contributed by atoms with Crippen molar-refractivity contribution >= 4 is 0 Å². The zero-order valence-corrected chi connectivity index (χ0v) is 11.9. The Bertz CT molecular complexity index is 463. The molecule has 0 amide bonds. The minimum atomic E-state index is -2.89. The Hall–Kier alpha value is -1.36. The highest BCUT2D eigenvalue weighted by Crippen LogP contribution is 2.37. The van der Waals surface area contributed by atoms with Crippen molar-refractivity contribution in [3.05, 3.63) is 23.8 Å². The molecule has 1 saturated carbocycles. The fraction of sp³-hybridized carbons (Fsp3) is 0.600. The lowest BCUT2D eigenvalue weighted by Crippen LogP contribution is -2.37. The number of aliphatic hydroxyl groups excluding tert-OH is 1. The van der Waals surface area contributed by atoms with Crippen molar-refractivity contribution in [3.8, 4) is 11.5 Å². The van der Waals surface area contributed by atoms with E-state index >= 15 is 0 Å². The minimum absolute atomic E-state index is 0.0498. The van der Waals surface area contributed by atoms with Gasteiger partial charge in [0.15, 0.2) is 11.5 Å². The summed E-state index contributed by atoms with van der Waals surface area (Å²) in [7, 11) is 0. The van der Waals surface area contributed by atoms with Crippen LogP contribution in [0.25, 0.3) is 0 Å². The van der Waals surface area contributed by atoms with Crippen LogP contribution in [0.1, 0.15) is 39.2 Å². The average Bonchev–Trinajstić information content (AvgIpc) is 2.27. The molecule has 5 heteroatoms. The topological polar surface area (TPSA) is 38.7 Å². The molecule has 0 radical (unpaired) electrons. The Morgan fingerprint density at radius 3 is 2.35 bits per heavy atom. The van der Waals surface area contributed by atoms with Gasteiger partial charge in [0, 0.05) is 12.8 Å². The number of benzene rings is 1. The first-order valence-corrected chi connectivity index (χ1v) is 6.70. The Balaban J connectivity index is 2.21. The number of ether oxygens (including phenoxy) is 2. The van der Waals surface area contributed by atoms with E-state index in [2.05, 4.69) is 4.74 Å². The van der Waals surface area contributed by atoms with Gasteiger partial charge in [-0.05, 0) is 23.1 Å². The molecule has 1 aromatic carbocycles. The van der Waals surface area contributed by atoms with E-state index in [0.717, 1.165) is 5.56 Å². The van der Waals surface area contributed by atoms with Crippen LogP contribution >= 0.6 is 0 Å². The van der Waals surface area contributed by atoms with Gasteiger partial charge in [0.05, 0.1) is 6.10 Å². The molecule has 20 heavy (non-hydrogen) atoms. The number of halogens is 2. The summed E-state index contributed by atoms with van der Waals surface area (Å²) in [5.74, 6) is 0.351. The van der Waals surface area contributed by atoms with Gasteiger partial charge in [-0.2, -0.15) is 8.78 Å². The number of alkyl halides is 2. The van der Waals surface area contributed by atoms with E-state index in [1.165, 1.54) is 0 Å². The van der Waals surface area contributed by atoms with Crippen LogP contribution in [0.3, 0.4) is 0 Å². The van der Waals surface area contributed by atoms with E-state index < -0.39 is 6.61 Å². The quantitative estimate of drug-likeness (QED) is 0.921. The number of rotatable bonds is 4. The Labute approximate surface area is 117 Å². The van der Waals surface area contributed by atoms with E-state index in [-0.39, 0.29) is 23.4 Å². The molecular formula is C15H20F2O3. The van der Waals surface area contributed by atoms with Gasteiger partial charge in [-0.1, -0.05) is 26.8 Å². The first kappa shape index (κ1) is 15.0. The molecule has 0 aromatic heterocycles. The smallest absolute Gasteiger partial charge is 0.387 e. The highest BCUT2D eigenvalue weighted by molar-refractivity contribution is 5.45. The van der Waals surface area contributed by atoms with Crippen molar-refractivity contribution in [2.45, 2.75) is 57.8 Å². The second-order valence-corrected chi connectivity index (χ2v) is 6.16. The summed E-state index contributed by atoms with van der Waals surface area (Å²) in [5, 5.41) is 9.23. The number of hydrogen-bond donors (Lipinski definition) is 1. The fourth-order valence-corrected chi connectivity index (χ4v) is 2.07. The lowest BCUT2D eigenvalue weighted by molar-refractivity contribution is -0.0559. The monoisotopic (exact) mass is 286 g/mol. The van der Waals surface area contributed by atoms with E-state index in [1.54, 1.807) is 12.1 Å². The summed E-state index contributed by atoms with van der Waals surface area (Å²) < 4.78 is 35.2. The minimum Gasteiger partial charge on any atom is -0.486 e. The third-order valence-electron chi connectivity index (χ3n) is 3.39. The largest absolute Gasteiger partial charge is 0.486 e. The molecule has 0 unspecified atom stereocenters. The van der Waals surface area contributed by atoms with Crippen LogP contribution in [-0.4, -0.2) is 23.9 Å². The highest BCUT2D eigenvalue weighted by Gasteiger charge is 2.30. The predicted molar refractivity (Wildman–Crippen MR) is 71.4 cm³/mol. The molecule has 112 valence electrons. The Morgan fingerprint density at radius 1 is 1.20 bits per heavy atom. The van der Waals surface area contributed by atoms with Crippen molar-refractivity contribution in [3.63, 3.8) is 0 Å². The molecule has 0 bridgehead atoms. The molecule has 1 N–H and O–H groups in total. The molecule has 2 rings (SSSR count). The standard InChI is InChI=1S/C15H20F2O3/c1-15(2,3)9-4-5-12(13(6-9)20-14(16)17)19-11-7-10(18)8-11/h4-6,10-11,14,18H,7-8H2,1-3H3. The van der Waals surface area contributed by atoms with E-state index in [9.17, 15) is 13.9 Å². The first-order valence-electron chi connectivity index (χ1n) is 6.70. The van der Waals surface area contributed by atoms with Crippen molar-refractivity contribution in [2.75, 3.05) is 0 Å². The summed E-state index contributed by atoms with van der Waals surface area (Å²) >= 11 is 0. The highest BCUT2D eigenvalue weighted by atomic mass is 19.3. The summed E-state index contributed by atoms with van der Waals surface area (Å²) in [6.45, 7) is 3.10. The van der Waals surface area contributed by atoms with Gasteiger partial charge >= 0.3 is 6.61 Å². The number of hydrogen-bond acceptors (Lipinski definition) is 3. The molecule has 3 nitrogen and oxygen atoms in total. The number of aliphatic hydroxyl groups is 1. The zero-order valence-electron chi connectivity index (χ0n) is 11.9. The normalized spacial score (nSPS) is 22.6. The van der Waals surface area contributed by atoms with Crippen molar-refractivity contribution < 1.29 is 23.4 Å². The molecule has 0 heterocycles. The van der Waals surface area contributed by atoms with Crippen molar-refractivity contribution in [1.29, 1.82) is 0 Å². The Morgan fingerprint density at radius 2 is 1.85 bits per heavy atom. The molecule has 0 saturated heterocycles. The average molecular weight is 286 g/mol. The second-order valence-electron chi connectivity index (χ2n) is 6.16. The van der Waals surface area contributed by atoms with Gasteiger partial charge in [0.2, 0.25) is 0 Å². The van der Waals surface area contributed by atoms with Crippen LogP contribution in [0.5, 0.6) is 11.5 Å². The second kappa shape index (κ2) is 5.56. The molecular weight excluding hydrogens is 266 g/mol. The molecule has 0 spiro atoms. The molecule has 1 aliphatic rings. The van der Waals surface area contributed by atoms with Crippen LogP contribution in [0, 0.1) is 0 Å². The van der Waals surface area contributed by atoms with E-state index in [1.807, 2.05) is 26.8 Å². The van der Waals surface area contributed by atoms with E-state index in [4.69, 9.17) is 4.74 Å². The van der Waals surface area contributed by atoms with Gasteiger partial charge in [-0.15, -0.1) is 0 Å². The fourth-order valence-electron chi connectivity index (χ4n) is 2.07. The van der Waals surface area contributed by atoms with Crippen molar-refractivity contribution in [2.24, 2.45) is 0 Å². The van der Waals surface area contributed by atoms with Gasteiger partial charge in [0.1, 0.15) is 6.10 Å². The maximum absolute atomic E-state index is 12.5. The lowest BCUT2D eigenvalue weighted by atomic mass is 9.87. The molecule has 1 aromatic rings. The van der Waals surface area contributed by atoms with Crippen LogP contribution in [-0.2, 0) is 5.41 Å². The SMILES string of the molecule is CC(C)(C)c1ccc(OC2CC(O)C2)c(OC(F)F)c1. The van der Waals surface area contributed by atoms with Crippen LogP contribution < -0.4 is 9.47 Å². The lowest BCUT2D eigenvalue weighted by Gasteiger charge is -2.32. The predicted octanol–water partition coefficient (Wildman–Crippen LogP) is 3.49. The zero-order chi connectivity index (χ0) is 14.9. The molecule has 1 aliphatic carbocycles. The third kappa shape index (κ3) is 3.60. The molecule has 0 atom stereocenters. The van der Waals surface area contributed by atoms with Crippen LogP contribution in [0.4, 0.5) is 8.78 Å². The first-order chi connectivity index (χ1) is 9.25. The molecule has 0 aliphatic heterocycles. The van der Waals surface area contributed by atoms with Gasteiger partial charge in [0.25, 0.3) is 0 Å². The van der Waals surface area contributed by atoms with Crippen molar-refractivity contribution in [1.82, 2.24) is 0 Å². The van der Waals surface area contributed by atoms with Gasteiger partial charge in [-0.3, -0.25) is 0 Å². The maximum atomic E-state index is 12.5. The summed E-state index contributed by atoms with van der Waals surface area (Å²) in [6.07, 6.45) is 0.559.